The predicted octanol–water partition coefficient (Wildman–Crippen LogP) is 1.55. The number of hydrogen-bond donors (Lipinski definition) is 1. The third-order valence-corrected chi connectivity index (χ3v) is 2.80. The van der Waals surface area contributed by atoms with Gasteiger partial charge < -0.3 is 10.0 Å². The van der Waals surface area contributed by atoms with Gasteiger partial charge in [0, 0.05) is 12.6 Å². The van der Waals surface area contributed by atoms with Crippen molar-refractivity contribution in [2.24, 2.45) is 5.41 Å². The van der Waals surface area contributed by atoms with Crippen LogP contribution >= 0.6 is 0 Å². The number of hydrogen-bond acceptors (Lipinski definition) is 3. The Bertz CT molecular complexity index is 265. The second kappa shape index (κ2) is 6.49. The molecular formula is C12H22N2O2. The SMILES string of the molecule is CCC(CC)N(CCO)C(=O)C(C)(C)C#N. The van der Waals surface area contributed by atoms with E-state index in [1.54, 1.807) is 18.7 Å². The molecule has 0 aliphatic rings. The van der Waals surface area contributed by atoms with Gasteiger partial charge in [-0.05, 0) is 26.7 Å². The Morgan fingerprint density at radius 1 is 1.44 bits per heavy atom. The summed E-state index contributed by atoms with van der Waals surface area (Å²) >= 11 is 0. The predicted molar refractivity (Wildman–Crippen MR) is 62.6 cm³/mol. The molecule has 0 aromatic carbocycles. The van der Waals surface area contributed by atoms with Gasteiger partial charge in [0.05, 0.1) is 12.7 Å². The van der Waals surface area contributed by atoms with Gasteiger partial charge in [-0.2, -0.15) is 5.26 Å². The molecule has 0 aliphatic carbocycles. The minimum atomic E-state index is -1.02. The summed E-state index contributed by atoms with van der Waals surface area (Å²) in [6.45, 7) is 7.47. The van der Waals surface area contributed by atoms with E-state index in [-0.39, 0.29) is 18.6 Å². The highest BCUT2D eigenvalue weighted by Gasteiger charge is 2.34. The molecule has 0 rings (SSSR count). The lowest BCUT2D eigenvalue weighted by atomic mass is 9.92. The third kappa shape index (κ3) is 3.49. The number of aliphatic hydroxyl groups excluding tert-OH is 1. The first-order valence-corrected chi connectivity index (χ1v) is 5.77. The van der Waals surface area contributed by atoms with E-state index in [9.17, 15) is 4.79 Å². The molecule has 16 heavy (non-hydrogen) atoms. The van der Waals surface area contributed by atoms with Crippen molar-refractivity contribution in [2.75, 3.05) is 13.2 Å². The Morgan fingerprint density at radius 2 is 1.94 bits per heavy atom. The van der Waals surface area contributed by atoms with Gasteiger partial charge in [0.25, 0.3) is 0 Å². The van der Waals surface area contributed by atoms with E-state index < -0.39 is 5.41 Å². The fourth-order valence-electron chi connectivity index (χ4n) is 1.69. The number of carbonyl (C=O) groups excluding carboxylic acids is 1. The highest BCUT2D eigenvalue weighted by Crippen LogP contribution is 2.21. The maximum Gasteiger partial charge on any atom is 0.242 e. The van der Waals surface area contributed by atoms with E-state index in [2.05, 4.69) is 0 Å². The lowest BCUT2D eigenvalue weighted by Crippen LogP contribution is -2.47. The number of aliphatic hydroxyl groups is 1. The molecule has 4 nitrogen and oxygen atoms in total. The van der Waals surface area contributed by atoms with Crippen LogP contribution in [0.15, 0.2) is 0 Å². The first-order valence-electron chi connectivity index (χ1n) is 5.77. The van der Waals surface area contributed by atoms with Crippen LogP contribution < -0.4 is 0 Å². The van der Waals surface area contributed by atoms with Crippen molar-refractivity contribution < 1.29 is 9.90 Å². The molecule has 0 aromatic heterocycles. The Hall–Kier alpha value is -1.08. The van der Waals surface area contributed by atoms with Gasteiger partial charge in [0.15, 0.2) is 0 Å². The smallest absolute Gasteiger partial charge is 0.242 e. The number of amides is 1. The van der Waals surface area contributed by atoms with E-state index in [1.165, 1.54) is 0 Å². The number of nitrogens with zero attached hydrogens (tertiary/aromatic N) is 2. The largest absolute Gasteiger partial charge is 0.395 e. The van der Waals surface area contributed by atoms with Crippen LogP contribution in [0.5, 0.6) is 0 Å². The molecule has 0 aliphatic heterocycles. The van der Waals surface area contributed by atoms with Gasteiger partial charge in [0.2, 0.25) is 5.91 Å². The summed E-state index contributed by atoms with van der Waals surface area (Å²) in [6.07, 6.45) is 1.67. The van der Waals surface area contributed by atoms with Gasteiger partial charge in [-0.25, -0.2) is 0 Å². The van der Waals surface area contributed by atoms with E-state index in [4.69, 9.17) is 10.4 Å². The minimum absolute atomic E-state index is 0.0657. The van der Waals surface area contributed by atoms with Crippen molar-refractivity contribution in [1.82, 2.24) is 4.90 Å². The highest BCUT2D eigenvalue weighted by molar-refractivity contribution is 5.84. The summed E-state index contributed by atoms with van der Waals surface area (Å²) in [5.74, 6) is -0.197. The Balaban J connectivity index is 4.92. The molecule has 1 amide bonds. The summed E-state index contributed by atoms with van der Waals surface area (Å²) in [4.78, 5) is 13.8. The molecule has 92 valence electrons. The van der Waals surface area contributed by atoms with E-state index in [0.717, 1.165) is 12.8 Å². The third-order valence-electron chi connectivity index (χ3n) is 2.80. The summed E-state index contributed by atoms with van der Waals surface area (Å²) in [5, 5.41) is 17.9. The van der Waals surface area contributed by atoms with Crippen LogP contribution in [0.1, 0.15) is 40.5 Å². The lowest BCUT2D eigenvalue weighted by molar-refractivity contribution is -0.140. The Morgan fingerprint density at radius 3 is 2.25 bits per heavy atom. The average Bonchev–Trinajstić information content (AvgIpc) is 2.28. The Labute approximate surface area is 97.9 Å². The molecular weight excluding hydrogens is 204 g/mol. The minimum Gasteiger partial charge on any atom is -0.395 e. The molecule has 0 heterocycles. The fourth-order valence-corrected chi connectivity index (χ4v) is 1.69. The van der Waals surface area contributed by atoms with Crippen molar-refractivity contribution in [3.05, 3.63) is 0 Å². The van der Waals surface area contributed by atoms with Gasteiger partial charge >= 0.3 is 0 Å². The van der Waals surface area contributed by atoms with Crippen LogP contribution in [-0.4, -0.2) is 35.1 Å². The Kier molecular flexibility index (Phi) is 6.05. The first kappa shape index (κ1) is 14.9. The van der Waals surface area contributed by atoms with Crippen LogP contribution in [0.3, 0.4) is 0 Å². The lowest BCUT2D eigenvalue weighted by Gasteiger charge is -2.33. The van der Waals surface area contributed by atoms with Crippen LogP contribution in [-0.2, 0) is 4.79 Å². The van der Waals surface area contributed by atoms with Crippen molar-refractivity contribution in [1.29, 1.82) is 5.26 Å². The summed E-state index contributed by atoms with van der Waals surface area (Å²) in [5.41, 5.74) is -1.02. The average molecular weight is 226 g/mol. The maximum absolute atomic E-state index is 12.1. The molecule has 0 atom stereocenters. The molecule has 0 aromatic rings. The molecule has 0 fully saturated rings. The van der Waals surface area contributed by atoms with Crippen molar-refractivity contribution in [3.8, 4) is 6.07 Å². The molecule has 1 N–H and O–H groups in total. The molecule has 0 saturated carbocycles. The first-order chi connectivity index (χ1) is 7.44. The summed E-state index contributed by atoms with van der Waals surface area (Å²) in [6, 6.07) is 2.11. The standard InChI is InChI=1S/C12H22N2O2/c1-5-10(6-2)14(7-8-15)11(16)12(3,4)9-13/h10,15H,5-8H2,1-4H3. The molecule has 0 bridgehead atoms. The molecule has 0 radical (unpaired) electrons. The van der Waals surface area contributed by atoms with Crippen molar-refractivity contribution in [2.45, 2.75) is 46.6 Å². The maximum atomic E-state index is 12.1. The van der Waals surface area contributed by atoms with E-state index >= 15 is 0 Å². The normalized spacial score (nSPS) is 11.3. The quantitative estimate of drug-likeness (QED) is 0.747. The van der Waals surface area contributed by atoms with Gasteiger partial charge in [-0.3, -0.25) is 4.79 Å². The molecule has 0 spiro atoms. The molecule has 0 unspecified atom stereocenters. The van der Waals surface area contributed by atoms with E-state index in [1.807, 2.05) is 19.9 Å². The number of rotatable bonds is 6. The zero-order valence-corrected chi connectivity index (χ0v) is 10.7. The monoisotopic (exact) mass is 226 g/mol. The van der Waals surface area contributed by atoms with Crippen molar-refractivity contribution >= 4 is 5.91 Å². The second-order valence-corrected chi connectivity index (χ2v) is 4.43. The number of carbonyl (C=O) groups is 1. The fraction of sp³-hybridized carbons (Fsp3) is 0.833. The summed E-state index contributed by atoms with van der Waals surface area (Å²) in [7, 11) is 0. The van der Waals surface area contributed by atoms with E-state index in [0.29, 0.717) is 6.54 Å². The summed E-state index contributed by atoms with van der Waals surface area (Å²) < 4.78 is 0. The zero-order chi connectivity index (χ0) is 12.8. The van der Waals surface area contributed by atoms with Gasteiger partial charge in [-0.15, -0.1) is 0 Å². The number of nitriles is 1. The second-order valence-electron chi connectivity index (χ2n) is 4.43. The van der Waals surface area contributed by atoms with Crippen LogP contribution in [0.2, 0.25) is 0 Å². The topological polar surface area (TPSA) is 64.3 Å². The molecule has 4 heteroatoms. The van der Waals surface area contributed by atoms with Crippen LogP contribution in [0.25, 0.3) is 0 Å². The zero-order valence-electron chi connectivity index (χ0n) is 10.7. The van der Waals surface area contributed by atoms with Gasteiger partial charge in [0.1, 0.15) is 5.41 Å². The molecule has 0 saturated heterocycles. The van der Waals surface area contributed by atoms with Gasteiger partial charge in [-0.1, -0.05) is 13.8 Å². The highest BCUT2D eigenvalue weighted by atomic mass is 16.3. The van der Waals surface area contributed by atoms with Crippen LogP contribution in [0.4, 0.5) is 0 Å². The van der Waals surface area contributed by atoms with Crippen molar-refractivity contribution in [3.63, 3.8) is 0 Å². The van der Waals surface area contributed by atoms with Crippen LogP contribution in [0, 0.1) is 16.7 Å².